The molecule has 0 bridgehead atoms. The summed E-state index contributed by atoms with van der Waals surface area (Å²) < 4.78 is 2.10. The van der Waals surface area contributed by atoms with E-state index < -0.39 is 0 Å². The normalized spacial score (nSPS) is 10.2. The number of aryl methyl sites for hydroxylation is 1. The Balaban J connectivity index is 2.20. The third-order valence-corrected chi connectivity index (χ3v) is 2.67. The van der Waals surface area contributed by atoms with E-state index in [4.69, 9.17) is 0 Å². The Hall–Kier alpha value is -2.23. The third-order valence-electron chi connectivity index (χ3n) is 2.67. The zero-order chi connectivity index (χ0) is 12.3. The van der Waals surface area contributed by atoms with Gasteiger partial charge in [-0.1, -0.05) is 6.07 Å². The minimum atomic E-state index is -0.384. The highest BCUT2D eigenvalue weighted by atomic mass is 16.6. The Kier molecular flexibility index (Phi) is 3.14. The smallest absolute Gasteiger partial charge is 0.258 e. The van der Waals surface area contributed by atoms with Crippen molar-refractivity contribution in [2.45, 2.75) is 13.5 Å². The van der Waals surface area contributed by atoms with Gasteiger partial charge in [0.1, 0.15) is 0 Å². The second kappa shape index (κ2) is 4.74. The Labute approximate surface area is 99.3 Å². The minimum absolute atomic E-state index is 0.128. The number of pyridine rings is 1. The van der Waals surface area contributed by atoms with Crippen LogP contribution < -0.4 is 4.57 Å². The molecule has 1 heterocycles. The predicted octanol–water partition coefficient (Wildman–Crippen LogP) is 2.24. The van der Waals surface area contributed by atoms with Crippen LogP contribution in [0.5, 0.6) is 0 Å². The Morgan fingerprint density at radius 2 is 1.88 bits per heavy atom. The molecule has 0 aliphatic heterocycles. The SMILES string of the molecule is Cc1cccc[n+]1Cc1ccc([N+](=O)[O-])cc1. The van der Waals surface area contributed by atoms with E-state index in [1.807, 2.05) is 31.3 Å². The molecule has 0 aliphatic carbocycles. The maximum atomic E-state index is 10.5. The van der Waals surface area contributed by atoms with Crippen LogP contribution in [0.2, 0.25) is 0 Å². The molecule has 2 rings (SSSR count). The number of nitro benzene ring substituents is 1. The molecule has 0 spiro atoms. The number of hydrogen-bond donors (Lipinski definition) is 0. The van der Waals surface area contributed by atoms with Gasteiger partial charge in [-0.25, -0.2) is 0 Å². The standard InChI is InChI=1S/C13H13N2O2/c1-11-4-2-3-9-14(11)10-12-5-7-13(8-6-12)15(16)17/h2-9H,10H2,1H3/q+1. The maximum absolute atomic E-state index is 10.5. The van der Waals surface area contributed by atoms with Gasteiger partial charge in [0.2, 0.25) is 0 Å². The quantitative estimate of drug-likeness (QED) is 0.460. The van der Waals surface area contributed by atoms with Crippen LogP contribution in [0, 0.1) is 17.0 Å². The van der Waals surface area contributed by atoms with Crippen molar-refractivity contribution in [3.05, 3.63) is 70.0 Å². The van der Waals surface area contributed by atoms with Crippen molar-refractivity contribution in [3.63, 3.8) is 0 Å². The fourth-order valence-electron chi connectivity index (χ4n) is 1.66. The molecule has 0 unspecified atom stereocenters. The van der Waals surface area contributed by atoms with Crippen molar-refractivity contribution in [1.82, 2.24) is 0 Å². The zero-order valence-electron chi connectivity index (χ0n) is 9.54. The lowest BCUT2D eigenvalue weighted by Gasteiger charge is -2.00. The van der Waals surface area contributed by atoms with Gasteiger partial charge in [-0.3, -0.25) is 10.1 Å². The first-order valence-electron chi connectivity index (χ1n) is 5.35. The van der Waals surface area contributed by atoms with E-state index in [9.17, 15) is 10.1 Å². The Bertz CT molecular complexity index is 535. The molecule has 17 heavy (non-hydrogen) atoms. The molecule has 1 aromatic heterocycles. The van der Waals surface area contributed by atoms with Crippen molar-refractivity contribution in [1.29, 1.82) is 0 Å². The van der Waals surface area contributed by atoms with Crippen LogP contribution in [0.3, 0.4) is 0 Å². The average Bonchev–Trinajstić information content (AvgIpc) is 2.33. The topological polar surface area (TPSA) is 47.0 Å². The zero-order valence-corrected chi connectivity index (χ0v) is 9.54. The molecule has 0 radical (unpaired) electrons. The number of hydrogen-bond acceptors (Lipinski definition) is 2. The molecule has 0 saturated heterocycles. The summed E-state index contributed by atoms with van der Waals surface area (Å²) in [5.74, 6) is 0. The summed E-state index contributed by atoms with van der Waals surface area (Å²) in [7, 11) is 0. The summed E-state index contributed by atoms with van der Waals surface area (Å²) >= 11 is 0. The molecule has 86 valence electrons. The van der Waals surface area contributed by atoms with Crippen molar-refractivity contribution >= 4 is 5.69 Å². The van der Waals surface area contributed by atoms with Crippen LogP contribution in [0.1, 0.15) is 11.3 Å². The van der Waals surface area contributed by atoms with E-state index in [1.165, 1.54) is 12.1 Å². The molecule has 4 nitrogen and oxygen atoms in total. The molecule has 1 aromatic carbocycles. The summed E-state index contributed by atoms with van der Waals surface area (Å²) in [6.45, 7) is 2.76. The van der Waals surface area contributed by atoms with Gasteiger partial charge in [-0.2, -0.15) is 4.57 Å². The van der Waals surface area contributed by atoms with E-state index in [0.29, 0.717) is 0 Å². The van der Waals surface area contributed by atoms with Gasteiger partial charge in [0, 0.05) is 36.8 Å². The van der Waals surface area contributed by atoms with E-state index in [1.54, 1.807) is 12.1 Å². The lowest BCUT2D eigenvalue weighted by atomic mass is 10.2. The molecule has 2 aromatic rings. The van der Waals surface area contributed by atoms with Crippen molar-refractivity contribution in [2.75, 3.05) is 0 Å². The number of nitro groups is 1. The van der Waals surface area contributed by atoms with Gasteiger partial charge in [0.05, 0.1) is 4.92 Å². The monoisotopic (exact) mass is 229 g/mol. The molecule has 0 N–H and O–H groups in total. The summed E-state index contributed by atoms with van der Waals surface area (Å²) in [5.41, 5.74) is 2.34. The minimum Gasteiger partial charge on any atom is -0.258 e. The predicted molar refractivity (Wildman–Crippen MR) is 63.6 cm³/mol. The number of nitrogens with zero attached hydrogens (tertiary/aromatic N) is 2. The van der Waals surface area contributed by atoms with Gasteiger partial charge in [0.15, 0.2) is 18.4 Å². The summed E-state index contributed by atoms with van der Waals surface area (Å²) in [5, 5.41) is 10.5. The fourth-order valence-corrected chi connectivity index (χ4v) is 1.66. The Morgan fingerprint density at radius 3 is 2.47 bits per heavy atom. The van der Waals surface area contributed by atoms with Crippen LogP contribution >= 0.6 is 0 Å². The van der Waals surface area contributed by atoms with Crippen LogP contribution in [0.4, 0.5) is 5.69 Å². The van der Waals surface area contributed by atoms with Crippen LogP contribution in [0.15, 0.2) is 48.7 Å². The van der Waals surface area contributed by atoms with Gasteiger partial charge in [0.25, 0.3) is 5.69 Å². The third kappa shape index (κ3) is 2.66. The Morgan fingerprint density at radius 1 is 1.18 bits per heavy atom. The number of rotatable bonds is 3. The molecular weight excluding hydrogens is 216 g/mol. The molecular formula is C13H13N2O2+. The first-order valence-corrected chi connectivity index (χ1v) is 5.35. The molecule has 0 amide bonds. The highest BCUT2D eigenvalue weighted by Crippen LogP contribution is 2.11. The summed E-state index contributed by atoms with van der Waals surface area (Å²) in [4.78, 5) is 10.1. The van der Waals surface area contributed by atoms with E-state index in [-0.39, 0.29) is 10.6 Å². The fraction of sp³-hybridized carbons (Fsp3) is 0.154. The van der Waals surface area contributed by atoms with Gasteiger partial charge < -0.3 is 0 Å². The number of benzene rings is 1. The van der Waals surface area contributed by atoms with E-state index in [0.717, 1.165) is 17.8 Å². The maximum Gasteiger partial charge on any atom is 0.269 e. The molecule has 0 aliphatic rings. The second-order valence-electron chi connectivity index (χ2n) is 3.89. The molecule has 4 heteroatoms. The van der Waals surface area contributed by atoms with Gasteiger partial charge in [-0.05, 0) is 12.1 Å². The largest absolute Gasteiger partial charge is 0.269 e. The lowest BCUT2D eigenvalue weighted by molar-refractivity contribution is -0.694. The van der Waals surface area contributed by atoms with Crippen molar-refractivity contribution in [2.24, 2.45) is 0 Å². The first-order chi connectivity index (χ1) is 8.16. The number of aromatic nitrogens is 1. The highest BCUT2D eigenvalue weighted by Gasteiger charge is 2.08. The molecule has 0 atom stereocenters. The van der Waals surface area contributed by atoms with Crippen molar-refractivity contribution in [3.8, 4) is 0 Å². The average molecular weight is 229 g/mol. The molecule has 0 saturated carbocycles. The molecule has 0 fully saturated rings. The van der Waals surface area contributed by atoms with E-state index >= 15 is 0 Å². The summed E-state index contributed by atoms with van der Waals surface area (Å²) in [6, 6.07) is 12.6. The van der Waals surface area contributed by atoms with Crippen LogP contribution in [-0.2, 0) is 6.54 Å². The van der Waals surface area contributed by atoms with Gasteiger partial charge >= 0.3 is 0 Å². The van der Waals surface area contributed by atoms with Crippen LogP contribution in [0.25, 0.3) is 0 Å². The van der Waals surface area contributed by atoms with Crippen LogP contribution in [-0.4, -0.2) is 4.92 Å². The number of non-ortho nitro benzene ring substituents is 1. The lowest BCUT2D eigenvalue weighted by Crippen LogP contribution is -2.36. The first kappa shape index (κ1) is 11.3. The second-order valence-corrected chi connectivity index (χ2v) is 3.89. The summed E-state index contributed by atoms with van der Waals surface area (Å²) in [6.07, 6.45) is 2.00. The highest BCUT2D eigenvalue weighted by molar-refractivity contribution is 5.32. The van der Waals surface area contributed by atoms with E-state index in [2.05, 4.69) is 4.57 Å². The van der Waals surface area contributed by atoms with Gasteiger partial charge in [-0.15, -0.1) is 0 Å². The van der Waals surface area contributed by atoms with Crippen molar-refractivity contribution < 1.29 is 9.49 Å².